The quantitative estimate of drug-likeness (QED) is 0.696. The molecular formula is C10H17NO3. The summed E-state index contributed by atoms with van der Waals surface area (Å²) >= 11 is 0. The van der Waals surface area contributed by atoms with Crippen LogP contribution in [0.25, 0.3) is 0 Å². The molecule has 0 amide bonds. The van der Waals surface area contributed by atoms with Crippen molar-refractivity contribution in [3.8, 4) is 0 Å². The van der Waals surface area contributed by atoms with E-state index < -0.39 is 5.97 Å². The maximum Gasteiger partial charge on any atom is 0.320 e. The molecule has 80 valence electrons. The second-order valence-corrected chi connectivity index (χ2v) is 4.21. The van der Waals surface area contributed by atoms with E-state index in [0.717, 1.165) is 25.7 Å². The average Bonchev–Trinajstić information content (AvgIpc) is 2.99. The molecule has 4 heteroatoms. The minimum Gasteiger partial charge on any atom is -0.480 e. The van der Waals surface area contributed by atoms with E-state index in [2.05, 4.69) is 5.32 Å². The lowest BCUT2D eigenvalue weighted by atomic mass is 9.91. The van der Waals surface area contributed by atoms with Crippen LogP contribution in [0.2, 0.25) is 0 Å². The lowest BCUT2D eigenvalue weighted by Gasteiger charge is -2.28. The van der Waals surface area contributed by atoms with Crippen LogP contribution in [0.3, 0.4) is 0 Å². The number of hydrogen-bond acceptors (Lipinski definition) is 3. The lowest BCUT2D eigenvalue weighted by Crippen LogP contribution is -2.45. The van der Waals surface area contributed by atoms with Gasteiger partial charge in [0.15, 0.2) is 0 Å². The first-order chi connectivity index (χ1) is 6.77. The summed E-state index contributed by atoms with van der Waals surface area (Å²) < 4.78 is 5.23. The molecule has 2 fully saturated rings. The van der Waals surface area contributed by atoms with Crippen LogP contribution in [-0.4, -0.2) is 36.4 Å². The molecule has 4 nitrogen and oxygen atoms in total. The van der Waals surface area contributed by atoms with Crippen LogP contribution < -0.4 is 5.32 Å². The number of carboxylic acids is 1. The predicted octanol–water partition coefficient (Wildman–Crippen LogP) is 0.618. The van der Waals surface area contributed by atoms with Gasteiger partial charge in [0.25, 0.3) is 0 Å². The van der Waals surface area contributed by atoms with Crippen LogP contribution in [0, 0.1) is 5.92 Å². The zero-order chi connectivity index (χ0) is 9.97. The SMILES string of the molecule is O=C(O)C(NC1CC1)C1CCOCC1. The van der Waals surface area contributed by atoms with Crippen molar-refractivity contribution in [3.63, 3.8) is 0 Å². The van der Waals surface area contributed by atoms with Crippen molar-refractivity contribution >= 4 is 5.97 Å². The summed E-state index contributed by atoms with van der Waals surface area (Å²) in [6.45, 7) is 1.42. The maximum absolute atomic E-state index is 11.1. The fourth-order valence-electron chi connectivity index (χ4n) is 1.96. The highest BCUT2D eigenvalue weighted by molar-refractivity contribution is 5.74. The van der Waals surface area contributed by atoms with E-state index in [1.54, 1.807) is 0 Å². The van der Waals surface area contributed by atoms with E-state index in [9.17, 15) is 4.79 Å². The third-order valence-electron chi connectivity index (χ3n) is 3.00. The van der Waals surface area contributed by atoms with Crippen LogP contribution in [0.5, 0.6) is 0 Å². The van der Waals surface area contributed by atoms with Gasteiger partial charge in [0.2, 0.25) is 0 Å². The minimum absolute atomic E-state index is 0.252. The molecule has 1 heterocycles. The Balaban J connectivity index is 1.89. The zero-order valence-corrected chi connectivity index (χ0v) is 8.24. The minimum atomic E-state index is -0.705. The summed E-state index contributed by atoms with van der Waals surface area (Å²) in [5.74, 6) is -0.453. The molecule has 0 radical (unpaired) electrons. The summed E-state index contributed by atoms with van der Waals surface area (Å²) in [6.07, 6.45) is 4.01. The molecule has 0 spiro atoms. The van der Waals surface area contributed by atoms with E-state index in [4.69, 9.17) is 9.84 Å². The van der Waals surface area contributed by atoms with E-state index in [1.165, 1.54) is 0 Å². The van der Waals surface area contributed by atoms with E-state index in [-0.39, 0.29) is 12.0 Å². The molecule has 1 saturated heterocycles. The Morgan fingerprint density at radius 1 is 1.29 bits per heavy atom. The first kappa shape index (κ1) is 9.93. The van der Waals surface area contributed by atoms with Crippen LogP contribution >= 0.6 is 0 Å². The van der Waals surface area contributed by atoms with Crippen molar-refractivity contribution in [1.29, 1.82) is 0 Å². The van der Waals surface area contributed by atoms with E-state index >= 15 is 0 Å². The number of aliphatic carboxylic acids is 1. The molecule has 1 atom stereocenters. The molecule has 0 bridgehead atoms. The third kappa shape index (κ3) is 2.45. The van der Waals surface area contributed by atoms with Crippen molar-refractivity contribution in [2.75, 3.05) is 13.2 Å². The Hall–Kier alpha value is -0.610. The lowest BCUT2D eigenvalue weighted by molar-refractivity contribution is -0.142. The first-order valence-electron chi connectivity index (χ1n) is 5.34. The largest absolute Gasteiger partial charge is 0.480 e. The number of carbonyl (C=O) groups is 1. The highest BCUT2D eigenvalue weighted by atomic mass is 16.5. The first-order valence-corrected chi connectivity index (χ1v) is 5.34. The summed E-state index contributed by atoms with van der Waals surface area (Å²) in [5.41, 5.74) is 0. The molecule has 1 unspecified atom stereocenters. The Morgan fingerprint density at radius 3 is 2.43 bits per heavy atom. The maximum atomic E-state index is 11.1. The van der Waals surface area contributed by atoms with Crippen molar-refractivity contribution < 1.29 is 14.6 Å². The highest BCUT2D eigenvalue weighted by Gasteiger charge is 2.34. The molecule has 14 heavy (non-hydrogen) atoms. The van der Waals surface area contributed by atoms with Crippen molar-refractivity contribution in [2.45, 2.75) is 37.8 Å². The summed E-state index contributed by atoms with van der Waals surface area (Å²) in [4.78, 5) is 11.1. The highest BCUT2D eigenvalue weighted by Crippen LogP contribution is 2.25. The average molecular weight is 199 g/mol. The van der Waals surface area contributed by atoms with Gasteiger partial charge in [-0.3, -0.25) is 4.79 Å². The molecule has 1 saturated carbocycles. The molecule has 2 rings (SSSR count). The summed E-state index contributed by atoms with van der Waals surface area (Å²) in [7, 11) is 0. The van der Waals surface area contributed by atoms with Gasteiger partial charge >= 0.3 is 5.97 Å². The third-order valence-corrected chi connectivity index (χ3v) is 3.00. The van der Waals surface area contributed by atoms with Gasteiger partial charge in [0.1, 0.15) is 6.04 Å². The molecule has 2 aliphatic rings. The fourth-order valence-corrected chi connectivity index (χ4v) is 1.96. The summed E-state index contributed by atoms with van der Waals surface area (Å²) in [6, 6.07) is 0.102. The molecule has 1 aliphatic heterocycles. The van der Waals surface area contributed by atoms with Crippen LogP contribution in [0.4, 0.5) is 0 Å². The Morgan fingerprint density at radius 2 is 1.93 bits per heavy atom. The van der Waals surface area contributed by atoms with Gasteiger partial charge in [-0.15, -0.1) is 0 Å². The van der Waals surface area contributed by atoms with Crippen LogP contribution in [0.1, 0.15) is 25.7 Å². The zero-order valence-electron chi connectivity index (χ0n) is 8.24. The van der Waals surface area contributed by atoms with Gasteiger partial charge in [0.05, 0.1) is 0 Å². The van der Waals surface area contributed by atoms with Crippen LogP contribution in [-0.2, 0) is 9.53 Å². The van der Waals surface area contributed by atoms with Crippen molar-refractivity contribution in [1.82, 2.24) is 5.32 Å². The smallest absolute Gasteiger partial charge is 0.320 e. The van der Waals surface area contributed by atoms with Gasteiger partial charge < -0.3 is 15.2 Å². The summed E-state index contributed by atoms with van der Waals surface area (Å²) in [5, 5.41) is 12.3. The molecule has 0 aromatic rings. The molecule has 0 aromatic carbocycles. The Kier molecular flexibility index (Phi) is 3.03. The Labute approximate surface area is 83.6 Å². The number of rotatable bonds is 4. The monoisotopic (exact) mass is 199 g/mol. The van der Waals surface area contributed by atoms with Gasteiger partial charge in [-0.25, -0.2) is 0 Å². The Bertz CT molecular complexity index is 209. The number of nitrogens with one attached hydrogen (secondary N) is 1. The van der Waals surface area contributed by atoms with Crippen molar-refractivity contribution in [3.05, 3.63) is 0 Å². The molecular weight excluding hydrogens is 182 g/mol. The van der Waals surface area contributed by atoms with Gasteiger partial charge in [-0.05, 0) is 31.6 Å². The second kappa shape index (κ2) is 4.28. The number of hydrogen-bond donors (Lipinski definition) is 2. The molecule has 1 aliphatic carbocycles. The van der Waals surface area contributed by atoms with Gasteiger partial charge in [-0.2, -0.15) is 0 Å². The number of ether oxygens (including phenoxy) is 1. The number of carboxylic acid groups (broad SMARTS) is 1. The normalized spacial score (nSPS) is 26.0. The van der Waals surface area contributed by atoms with Gasteiger partial charge in [0, 0.05) is 19.3 Å². The second-order valence-electron chi connectivity index (χ2n) is 4.21. The molecule has 2 N–H and O–H groups in total. The standard InChI is InChI=1S/C10H17NO3/c12-10(13)9(11-8-1-2-8)7-3-5-14-6-4-7/h7-9,11H,1-6H2,(H,12,13). The molecule has 0 aromatic heterocycles. The van der Waals surface area contributed by atoms with Crippen LogP contribution in [0.15, 0.2) is 0 Å². The van der Waals surface area contributed by atoms with Crippen molar-refractivity contribution in [2.24, 2.45) is 5.92 Å². The fraction of sp³-hybridized carbons (Fsp3) is 0.900. The van der Waals surface area contributed by atoms with Gasteiger partial charge in [-0.1, -0.05) is 0 Å². The van der Waals surface area contributed by atoms with E-state index in [0.29, 0.717) is 19.3 Å². The van der Waals surface area contributed by atoms with E-state index in [1.807, 2.05) is 0 Å². The predicted molar refractivity (Wildman–Crippen MR) is 51.1 cm³/mol. The topological polar surface area (TPSA) is 58.6 Å².